The first-order valence-electron chi connectivity index (χ1n) is 11.9. The van der Waals surface area contributed by atoms with E-state index in [1.807, 2.05) is 18.2 Å². The highest BCUT2D eigenvalue weighted by molar-refractivity contribution is 5.93. The van der Waals surface area contributed by atoms with E-state index in [0.29, 0.717) is 12.1 Å². The molecule has 1 aromatic rings. The van der Waals surface area contributed by atoms with Crippen molar-refractivity contribution in [2.45, 2.75) is 57.9 Å². The molecule has 2 saturated heterocycles. The summed E-state index contributed by atoms with van der Waals surface area (Å²) in [5.41, 5.74) is 1.25. The first-order valence-corrected chi connectivity index (χ1v) is 11.9. The first-order chi connectivity index (χ1) is 14.4. The van der Waals surface area contributed by atoms with E-state index in [1.54, 1.807) is 7.11 Å². The molecule has 3 saturated carbocycles. The highest BCUT2D eigenvalue weighted by Gasteiger charge is 2.54. The van der Waals surface area contributed by atoms with Crippen molar-refractivity contribution < 1.29 is 9.53 Å². The Hall–Kier alpha value is -1.75. The quantitative estimate of drug-likeness (QED) is 0.799. The molecule has 2 bridgehead atoms. The molecule has 0 aromatic heterocycles. The molecule has 1 aromatic carbocycles. The van der Waals surface area contributed by atoms with Gasteiger partial charge in [0.1, 0.15) is 11.3 Å². The Morgan fingerprint density at radius 3 is 2.70 bits per heavy atom. The normalized spacial score (nSPS) is 32.0. The minimum absolute atomic E-state index is 0.194. The Labute approximate surface area is 181 Å². The lowest BCUT2D eigenvalue weighted by Gasteiger charge is -2.60. The topological polar surface area (TPSA) is 44.8 Å². The highest BCUT2D eigenvalue weighted by Crippen LogP contribution is 2.62. The fourth-order valence-corrected chi connectivity index (χ4v) is 7.01. The maximum Gasteiger partial charge on any atom is 0.247 e. The molecule has 2 heterocycles. The molecule has 5 fully saturated rings. The van der Waals surface area contributed by atoms with Crippen molar-refractivity contribution in [1.29, 1.82) is 0 Å². The summed E-state index contributed by atoms with van der Waals surface area (Å²) >= 11 is 0. The second-order valence-electron chi connectivity index (χ2n) is 10.7. The third-order valence-corrected chi connectivity index (χ3v) is 9.20. The van der Waals surface area contributed by atoms with Crippen LogP contribution in [0.3, 0.4) is 0 Å². The van der Waals surface area contributed by atoms with E-state index in [0.717, 1.165) is 55.1 Å². The van der Waals surface area contributed by atoms with E-state index in [-0.39, 0.29) is 5.91 Å². The molecular weight excluding hydrogens is 374 g/mol. The summed E-state index contributed by atoms with van der Waals surface area (Å²) in [6, 6.07) is 8.11. The lowest BCUT2D eigenvalue weighted by atomic mass is 9.45. The predicted octanol–water partition coefficient (Wildman–Crippen LogP) is 3.89. The van der Waals surface area contributed by atoms with Crippen LogP contribution in [0.1, 0.15) is 52.4 Å². The number of fused-ring (bicyclic) bond motifs is 2. The smallest absolute Gasteiger partial charge is 0.247 e. The van der Waals surface area contributed by atoms with Crippen molar-refractivity contribution in [3.63, 3.8) is 0 Å². The average Bonchev–Trinajstić information content (AvgIpc) is 3.09. The standard InChI is InChI=1S/C25H37N3O2/c1-24(2)19-8-7-18(22(24)15-19)9-12-27-13-10-25(11-14-27)23(29)26-17-28(25)20-5-4-6-21(16-20)30-3/h4-6,16,18-19,22H,7-15,17H2,1-3H3,(H,26,29). The van der Waals surface area contributed by atoms with Crippen LogP contribution >= 0.6 is 0 Å². The number of piperidine rings is 1. The number of rotatable bonds is 5. The Morgan fingerprint density at radius 2 is 2.00 bits per heavy atom. The fraction of sp³-hybridized carbons (Fsp3) is 0.720. The monoisotopic (exact) mass is 411 g/mol. The molecule has 5 nitrogen and oxygen atoms in total. The zero-order valence-corrected chi connectivity index (χ0v) is 18.8. The molecule has 1 N–H and O–H groups in total. The average molecular weight is 412 g/mol. The summed E-state index contributed by atoms with van der Waals surface area (Å²) in [5, 5.41) is 3.11. The molecule has 3 unspecified atom stereocenters. The van der Waals surface area contributed by atoms with Crippen LogP contribution in [0.2, 0.25) is 0 Å². The third kappa shape index (κ3) is 3.12. The number of carbonyl (C=O) groups excluding carboxylic acids is 1. The van der Waals surface area contributed by atoms with Gasteiger partial charge in [-0.2, -0.15) is 0 Å². The molecular formula is C25H37N3O2. The molecule has 2 aliphatic heterocycles. The second kappa shape index (κ2) is 7.44. The zero-order valence-electron chi connectivity index (χ0n) is 18.8. The van der Waals surface area contributed by atoms with Crippen molar-refractivity contribution in [2.24, 2.45) is 23.2 Å². The fourth-order valence-electron chi connectivity index (χ4n) is 7.01. The van der Waals surface area contributed by atoms with Gasteiger partial charge in [0.25, 0.3) is 0 Å². The van der Waals surface area contributed by atoms with Gasteiger partial charge < -0.3 is 19.9 Å². The van der Waals surface area contributed by atoms with Crippen molar-refractivity contribution in [1.82, 2.24) is 10.2 Å². The van der Waals surface area contributed by atoms with E-state index in [1.165, 1.54) is 32.2 Å². The van der Waals surface area contributed by atoms with Crippen molar-refractivity contribution >= 4 is 11.6 Å². The van der Waals surface area contributed by atoms with Gasteiger partial charge in [-0.15, -0.1) is 0 Å². The number of methoxy groups -OCH3 is 1. The molecule has 1 spiro atoms. The molecule has 3 atom stereocenters. The Balaban J connectivity index is 1.21. The number of likely N-dealkylation sites (tertiary alicyclic amines) is 1. The summed E-state index contributed by atoms with van der Waals surface area (Å²) in [7, 11) is 1.69. The van der Waals surface area contributed by atoms with Crippen LogP contribution in [0.25, 0.3) is 0 Å². The van der Waals surface area contributed by atoms with Gasteiger partial charge in [0.15, 0.2) is 0 Å². The number of nitrogens with zero attached hydrogens (tertiary/aromatic N) is 2. The van der Waals surface area contributed by atoms with E-state index in [4.69, 9.17) is 4.74 Å². The molecule has 5 heteroatoms. The predicted molar refractivity (Wildman–Crippen MR) is 120 cm³/mol. The summed E-state index contributed by atoms with van der Waals surface area (Å²) in [4.78, 5) is 17.8. The van der Waals surface area contributed by atoms with Gasteiger partial charge in [-0.05, 0) is 80.4 Å². The Bertz CT molecular complexity index is 797. The minimum Gasteiger partial charge on any atom is -0.497 e. The van der Waals surface area contributed by atoms with Crippen molar-refractivity contribution in [2.75, 3.05) is 38.3 Å². The molecule has 6 rings (SSSR count). The minimum atomic E-state index is -0.406. The number of amides is 1. The van der Waals surface area contributed by atoms with Gasteiger partial charge >= 0.3 is 0 Å². The maximum atomic E-state index is 12.9. The van der Waals surface area contributed by atoms with Crippen LogP contribution in [0.5, 0.6) is 5.75 Å². The van der Waals surface area contributed by atoms with Crippen LogP contribution in [0.15, 0.2) is 24.3 Å². The zero-order chi connectivity index (χ0) is 20.9. The summed E-state index contributed by atoms with van der Waals surface area (Å²) in [5.74, 6) is 3.87. The van der Waals surface area contributed by atoms with Crippen molar-refractivity contribution in [3.05, 3.63) is 24.3 Å². The number of ether oxygens (including phenoxy) is 1. The summed E-state index contributed by atoms with van der Waals surface area (Å²) < 4.78 is 5.41. The maximum absolute atomic E-state index is 12.9. The SMILES string of the molecule is COc1cccc(N2CNC(=O)C23CCN(CCC2CCC4CC2C4(C)C)CC3)c1. The lowest BCUT2D eigenvalue weighted by molar-refractivity contribution is -0.125. The van der Waals surface area contributed by atoms with E-state index in [2.05, 4.69) is 35.0 Å². The Kier molecular flexibility index (Phi) is 5.00. The number of anilines is 1. The number of benzene rings is 1. The molecule has 30 heavy (non-hydrogen) atoms. The van der Waals surface area contributed by atoms with E-state index < -0.39 is 5.54 Å². The van der Waals surface area contributed by atoms with Crippen LogP contribution in [-0.4, -0.2) is 49.8 Å². The van der Waals surface area contributed by atoms with Gasteiger partial charge in [-0.25, -0.2) is 0 Å². The van der Waals surface area contributed by atoms with Gasteiger partial charge in [-0.1, -0.05) is 19.9 Å². The molecule has 5 aliphatic rings. The van der Waals surface area contributed by atoms with Crippen LogP contribution in [-0.2, 0) is 4.79 Å². The van der Waals surface area contributed by atoms with E-state index >= 15 is 0 Å². The number of nitrogens with one attached hydrogen (secondary N) is 1. The second-order valence-corrected chi connectivity index (χ2v) is 10.7. The Morgan fingerprint density at radius 1 is 1.20 bits per heavy atom. The van der Waals surface area contributed by atoms with Gasteiger partial charge in [-0.3, -0.25) is 4.79 Å². The van der Waals surface area contributed by atoms with Gasteiger partial charge in [0.05, 0.1) is 13.8 Å². The van der Waals surface area contributed by atoms with Crippen molar-refractivity contribution in [3.8, 4) is 5.75 Å². The lowest BCUT2D eigenvalue weighted by Crippen LogP contribution is -2.57. The molecule has 1 amide bonds. The van der Waals surface area contributed by atoms with Crippen LogP contribution in [0, 0.1) is 23.2 Å². The van der Waals surface area contributed by atoms with Crippen LogP contribution < -0.4 is 15.0 Å². The molecule has 3 aliphatic carbocycles. The summed E-state index contributed by atoms with van der Waals surface area (Å²) in [6.45, 7) is 8.79. The highest BCUT2D eigenvalue weighted by atomic mass is 16.5. The van der Waals surface area contributed by atoms with Gasteiger partial charge in [0, 0.05) is 24.8 Å². The molecule has 164 valence electrons. The number of carbonyl (C=O) groups is 1. The van der Waals surface area contributed by atoms with Crippen LogP contribution in [0.4, 0.5) is 5.69 Å². The number of hydrogen-bond acceptors (Lipinski definition) is 4. The largest absolute Gasteiger partial charge is 0.497 e. The first kappa shape index (κ1) is 20.2. The number of hydrogen-bond donors (Lipinski definition) is 1. The molecule has 0 radical (unpaired) electrons. The van der Waals surface area contributed by atoms with Gasteiger partial charge in [0.2, 0.25) is 5.91 Å². The summed E-state index contributed by atoms with van der Waals surface area (Å²) in [6.07, 6.45) is 7.47. The van der Waals surface area contributed by atoms with E-state index in [9.17, 15) is 4.79 Å². The third-order valence-electron chi connectivity index (χ3n) is 9.20.